The van der Waals surface area contributed by atoms with E-state index in [1.165, 1.54) is 4.90 Å². The molecule has 3 unspecified atom stereocenters. The molecular formula is C27H30ClNO6. The van der Waals surface area contributed by atoms with E-state index in [1.807, 2.05) is 30.4 Å². The number of hydrogen-bond donors (Lipinski definition) is 0. The average molecular weight is 500 g/mol. The number of hydrogen-bond acceptors (Lipinski definition) is 6. The van der Waals surface area contributed by atoms with Gasteiger partial charge in [0.2, 0.25) is 0 Å². The zero-order chi connectivity index (χ0) is 24.9. The minimum absolute atomic E-state index is 0.102. The molecule has 0 N–H and O–H groups in total. The summed E-state index contributed by atoms with van der Waals surface area (Å²) in [6, 6.07) is -0.636. The molecule has 5 aliphatic rings. The Bertz CT molecular complexity index is 1120. The highest BCUT2D eigenvalue weighted by molar-refractivity contribution is 6.22. The Morgan fingerprint density at radius 3 is 2.71 bits per heavy atom. The van der Waals surface area contributed by atoms with E-state index in [9.17, 15) is 14.4 Å². The van der Waals surface area contributed by atoms with Crippen LogP contribution in [0.25, 0.3) is 0 Å². The van der Waals surface area contributed by atoms with Crippen LogP contribution in [0.15, 0.2) is 58.4 Å². The molecular weight excluding hydrogens is 470 g/mol. The quantitative estimate of drug-likeness (QED) is 0.306. The Morgan fingerprint density at radius 1 is 1.14 bits per heavy atom. The molecule has 7 nitrogen and oxygen atoms in total. The second-order valence-corrected chi connectivity index (χ2v) is 11.1. The fraction of sp³-hybridized carbons (Fsp3) is 0.519. The Labute approximate surface area is 210 Å². The number of carbonyl (C=O) groups is 3. The Balaban J connectivity index is 1.30. The van der Waals surface area contributed by atoms with Crippen LogP contribution in [0.3, 0.4) is 0 Å². The Morgan fingerprint density at radius 2 is 1.94 bits per heavy atom. The monoisotopic (exact) mass is 499 g/mol. The standard InChI is InChI=1S/C27H30ClNO6/c1-27(2,3)35-26(32)29-12-4-5-22(29)25(31)33-17-8-11-18-15(13-17)6-9-20-19-10-7-16(28)14-21(19)24(30)34-23(18)20/h6-7,9-10,13,16-17,20,22H,4-5,8,11-12,14H2,1-3H3/t16?,17?,20?,22-/m0/s1. The second-order valence-electron chi connectivity index (χ2n) is 10.6. The number of esters is 2. The number of fused-ring (bicyclic) bond motifs is 3. The summed E-state index contributed by atoms with van der Waals surface area (Å²) in [7, 11) is 0. The van der Waals surface area contributed by atoms with Gasteiger partial charge in [0.15, 0.2) is 0 Å². The normalized spacial score (nSPS) is 29.8. The van der Waals surface area contributed by atoms with Crippen molar-refractivity contribution >= 4 is 29.6 Å². The molecule has 0 saturated carbocycles. The van der Waals surface area contributed by atoms with Crippen molar-refractivity contribution in [3.05, 3.63) is 58.4 Å². The van der Waals surface area contributed by atoms with E-state index in [-0.39, 0.29) is 17.3 Å². The first kappa shape index (κ1) is 23.9. The van der Waals surface area contributed by atoms with Crippen molar-refractivity contribution in [2.24, 2.45) is 5.92 Å². The van der Waals surface area contributed by atoms with Crippen LogP contribution in [0.4, 0.5) is 4.79 Å². The van der Waals surface area contributed by atoms with E-state index < -0.39 is 29.8 Å². The second kappa shape index (κ2) is 9.01. The van der Waals surface area contributed by atoms with E-state index in [4.69, 9.17) is 25.8 Å². The molecule has 0 bridgehead atoms. The summed E-state index contributed by atoms with van der Waals surface area (Å²) >= 11 is 6.21. The lowest BCUT2D eigenvalue weighted by molar-refractivity contribution is -0.152. The largest absolute Gasteiger partial charge is 0.457 e. The SMILES string of the molecule is CC(C)(C)OC(=O)N1CCC[C@H]1C(=O)OC1C=C2C=CC3C4=C(CC(Cl)C=C4)C(=O)OC3=C2CC1. The highest BCUT2D eigenvalue weighted by Gasteiger charge is 2.41. The molecule has 2 heterocycles. The van der Waals surface area contributed by atoms with E-state index in [2.05, 4.69) is 0 Å². The lowest BCUT2D eigenvalue weighted by atomic mass is 9.77. The number of nitrogens with zero attached hydrogens (tertiary/aromatic N) is 1. The van der Waals surface area contributed by atoms with E-state index in [0.717, 1.165) is 23.1 Å². The van der Waals surface area contributed by atoms with Crippen molar-refractivity contribution in [3.63, 3.8) is 0 Å². The summed E-state index contributed by atoms with van der Waals surface area (Å²) in [6.07, 6.45) is 11.9. The molecule has 5 rings (SSSR count). The molecule has 186 valence electrons. The maximum Gasteiger partial charge on any atom is 0.411 e. The van der Waals surface area contributed by atoms with Gasteiger partial charge in [-0.25, -0.2) is 14.4 Å². The third-order valence-electron chi connectivity index (χ3n) is 6.88. The van der Waals surface area contributed by atoms with Gasteiger partial charge in [-0.05, 0) is 75.7 Å². The first-order valence-corrected chi connectivity index (χ1v) is 12.7. The van der Waals surface area contributed by atoms with Crippen LogP contribution in [0.5, 0.6) is 0 Å². The molecule has 0 radical (unpaired) electrons. The molecule has 1 fully saturated rings. The van der Waals surface area contributed by atoms with Gasteiger partial charge in [0, 0.05) is 12.1 Å². The number of rotatable bonds is 2. The molecule has 0 aromatic carbocycles. The topological polar surface area (TPSA) is 82.1 Å². The highest BCUT2D eigenvalue weighted by Crippen LogP contribution is 2.45. The first-order chi connectivity index (χ1) is 16.6. The van der Waals surface area contributed by atoms with Gasteiger partial charge >= 0.3 is 18.0 Å². The number of amides is 1. The predicted octanol–water partition coefficient (Wildman–Crippen LogP) is 4.88. The van der Waals surface area contributed by atoms with Crippen molar-refractivity contribution in [1.82, 2.24) is 4.90 Å². The zero-order valence-electron chi connectivity index (χ0n) is 20.2. The molecule has 1 saturated heterocycles. The number of likely N-dealkylation sites (tertiary alicyclic amines) is 1. The lowest BCUT2D eigenvalue weighted by Gasteiger charge is -2.35. The maximum absolute atomic E-state index is 13.0. The number of carbonyl (C=O) groups excluding carboxylic acids is 3. The number of ether oxygens (including phenoxy) is 3. The van der Waals surface area contributed by atoms with Crippen molar-refractivity contribution in [3.8, 4) is 0 Å². The summed E-state index contributed by atoms with van der Waals surface area (Å²) in [5, 5.41) is -0.199. The fourth-order valence-corrected chi connectivity index (χ4v) is 5.52. The molecule has 0 aromatic heterocycles. The lowest BCUT2D eigenvalue weighted by Crippen LogP contribution is -2.44. The smallest absolute Gasteiger partial charge is 0.411 e. The van der Waals surface area contributed by atoms with E-state index >= 15 is 0 Å². The van der Waals surface area contributed by atoms with Crippen LogP contribution in [-0.2, 0) is 23.8 Å². The van der Waals surface area contributed by atoms with Gasteiger partial charge in [-0.1, -0.05) is 24.3 Å². The summed E-state index contributed by atoms with van der Waals surface area (Å²) < 4.78 is 17.1. The molecule has 8 heteroatoms. The molecule has 35 heavy (non-hydrogen) atoms. The van der Waals surface area contributed by atoms with Gasteiger partial charge in [0.1, 0.15) is 23.5 Å². The Hall–Kier alpha value is -2.80. The van der Waals surface area contributed by atoms with E-state index in [0.29, 0.717) is 43.6 Å². The maximum atomic E-state index is 13.0. The minimum Gasteiger partial charge on any atom is -0.457 e. The van der Waals surface area contributed by atoms with Crippen LogP contribution in [0.1, 0.15) is 52.9 Å². The van der Waals surface area contributed by atoms with Gasteiger partial charge in [-0.3, -0.25) is 4.90 Å². The molecule has 1 amide bonds. The summed E-state index contributed by atoms with van der Waals surface area (Å²) in [4.78, 5) is 39.7. The third-order valence-corrected chi connectivity index (χ3v) is 7.18. The molecule has 2 aliphatic heterocycles. The van der Waals surface area contributed by atoms with Gasteiger partial charge < -0.3 is 14.2 Å². The van der Waals surface area contributed by atoms with Gasteiger partial charge in [-0.15, -0.1) is 11.6 Å². The number of halogens is 1. The molecule has 3 aliphatic carbocycles. The highest BCUT2D eigenvalue weighted by atomic mass is 35.5. The van der Waals surface area contributed by atoms with Gasteiger partial charge in [0.05, 0.1) is 11.3 Å². The van der Waals surface area contributed by atoms with Crippen LogP contribution < -0.4 is 0 Å². The Kier molecular flexibility index (Phi) is 6.16. The summed E-state index contributed by atoms with van der Waals surface area (Å²) in [5.41, 5.74) is 2.85. The van der Waals surface area contributed by atoms with Gasteiger partial charge in [0.25, 0.3) is 0 Å². The molecule has 4 atom stereocenters. The van der Waals surface area contributed by atoms with Crippen LogP contribution in [0.2, 0.25) is 0 Å². The predicted molar refractivity (Wildman–Crippen MR) is 129 cm³/mol. The molecule has 0 aromatic rings. The average Bonchev–Trinajstić information content (AvgIpc) is 3.28. The zero-order valence-corrected chi connectivity index (χ0v) is 21.0. The van der Waals surface area contributed by atoms with Crippen LogP contribution in [-0.4, -0.2) is 52.6 Å². The van der Waals surface area contributed by atoms with Crippen LogP contribution >= 0.6 is 11.6 Å². The third kappa shape index (κ3) is 4.70. The molecule has 0 spiro atoms. The number of allylic oxidation sites excluding steroid dienone is 6. The van der Waals surface area contributed by atoms with Crippen molar-refractivity contribution in [1.29, 1.82) is 0 Å². The van der Waals surface area contributed by atoms with Crippen molar-refractivity contribution in [2.75, 3.05) is 6.54 Å². The first-order valence-electron chi connectivity index (χ1n) is 12.2. The fourth-order valence-electron chi connectivity index (χ4n) is 5.30. The number of alkyl halides is 1. The van der Waals surface area contributed by atoms with Gasteiger partial charge in [-0.2, -0.15) is 0 Å². The van der Waals surface area contributed by atoms with Crippen molar-refractivity contribution < 1.29 is 28.6 Å². The van der Waals surface area contributed by atoms with E-state index in [1.54, 1.807) is 20.8 Å². The minimum atomic E-state index is -0.636. The summed E-state index contributed by atoms with van der Waals surface area (Å²) in [6.45, 7) is 5.88. The summed E-state index contributed by atoms with van der Waals surface area (Å²) in [5.74, 6) is -0.182. The van der Waals surface area contributed by atoms with Crippen LogP contribution in [0, 0.1) is 5.92 Å². The van der Waals surface area contributed by atoms with Crippen molar-refractivity contribution in [2.45, 2.75) is 76.0 Å².